The highest BCUT2D eigenvalue weighted by Crippen LogP contribution is 2.42. The van der Waals surface area contributed by atoms with Crippen LogP contribution in [-0.4, -0.2) is 17.6 Å². The molecule has 4 rings (SSSR count). The summed E-state index contributed by atoms with van der Waals surface area (Å²) >= 11 is 8.69. The van der Waals surface area contributed by atoms with Gasteiger partial charge in [0, 0.05) is 32.5 Å². The van der Waals surface area contributed by atoms with Gasteiger partial charge in [0.2, 0.25) is 5.91 Å². The molecule has 6 nitrogen and oxygen atoms in total. The second-order valence-corrected chi connectivity index (χ2v) is 10.5. The van der Waals surface area contributed by atoms with E-state index in [9.17, 15) is 14.9 Å². The zero-order chi connectivity index (χ0) is 25.7. The Bertz CT molecular complexity index is 1390. The number of nitrogens with one attached hydrogen (secondary N) is 3. The minimum atomic E-state index is -0.550. The van der Waals surface area contributed by atoms with Gasteiger partial charge in [-0.3, -0.25) is 9.59 Å². The van der Waals surface area contributed by atoms with Crippen LogP contribution in [-0.2, 0) is 9.59 Å². The Hall–Kier alpha value is -3.51. The van der Waals surface area contributed by atoms with E-state index in [1.165, 1.54) is 23.1 Å². The second kappa shape index (κ2) is 11.5. The van der Waals surface area contributed by atoms with Crippen LogP contribution in [0.5, 0.6) is 0 Å². The van der Waals surface area contributed by atoms with Crippen LogP contribution in [0.25, 0.3) is 0 Å². The Morgan fingerprint density at radius 3 is 2.53 bits per heavy atom. The highest BCUT2D eigenvalue weighted by molar-refractivity contribution is 8.03. The first-order valence-corrected chi connectivity index (χ1v) is 13.3. The SMILES string of the molecule is CC1=C(C(=O)Nc2ccc(Cl)cc2)C(c2cccs2)C(C#N)=C(SCC(=O)Nc2cccc(C)c2)N1. The molecule has 3 N–H and O–H groups in total. The van der Waals surface area contributed by atoms with Crippen molar-refractivity contribution in [3.8, 4) is 6.07 Å². The number of hydrogen-bond donors (Lipinski definition) is 3. The molecule has 0 fully saturated rings. The first-order valence-electron chi connectivity index (χ1n) is 11.1. The summed E-state index contributed by atoms with van der Waals surface area (Å²) < 4.78 is 0. The van der Waals surface area contributed by atoms with Crippen molar-refractivity contribution in [3.05, 3.63) is 103 Å². The number of hydrogen-bond acceptors (Lipinski definition) is 6. The molecule has 2 heterocycles. The molecule has 0 radical (unpaired) electrons. The molecule has 1 aliphatic rings. The zero-order valence-corrected chi connectivity index (χ0v) is 22.0. The van der Waals surface area contributed by atoms with E-state index < -0.39 is 5.92 Å². The Balaban J connectivity index is 1.57. The van der Waals surface area contributed by atoms with Crippen LogP contribution >= 0.6 is 34.7 Å². The van der Waals surface area contributed by atoms with E-state index in [1.54, 1.807) is 31.2 Å². The Labute approximate surface area is 223 Å². The molecule has 1 atom stereocenters. The molecule has 2 aromatic carbocycles. The summed E-state index contributed by atoms with van der Waals surface area (Å²) in [6.45, 7) is 3.76. The maximum Gasteiger partial charge on any atom is 0.254 e. The minimum absolute atomic E-state index is 0.109. The lowest BCUT2D eigenvalue weighted by molar-refractivity contribution is -0.114. The third-order valence-corrected chi connectivity index (χ3v) is 7.68. The van der Waals surface area contributed by atoms with E-state index in [1.807, 2.05) is 48.7 Å². The van der Waals surface area contributed by atoms with Gasteiger partial charge in [-0.1, -0.05) is 41.6 Å². The summed E-state index contributed by atoms with van der Waals surface area (Å²) in [5, 5.41) is 22.2. The molecule has 0 spiro atoms. The van der Waals surface area contributed by atoms with Crippen LogP contribution in [0.4, 0.5) is 11.4 Å². The van der Waals surface area contributed by atoms with E-state index in [0.717, 1.165) is 16.1 Å². The van der Waals surface area contributed by atoms with Crippen LogP contribution in [0.3, 0.4) is 0 Å². The largest absolute Gasteiger partial charge is 0.353 e. The predicted molar refractivity (Wildman–Crippen MR) is 148 cm³/mol. The standard InChI is InChI=1S/C27H23ClN4O2S2/c1-16-5-3-6-20(13-16)31-23(33)15-36-27-21(14-29)25(22-7-4-12-35-22)24(17(2)30-27)26(34)32-19-10-8-18(28)9-11-19/h3-13,25,30H,15H2,1-2H3,(H,31,33)(H,32,34). The lowest BCUT2D eigenvalue weighted by atomic mass is 9.86. The number of aryl methyl sites for hydroxylation is 1. The van der Waals surface area contributed by atoms with E-state index in [4.69, 9.17) is 11.6 Å². The molecule has 182 valence electrons. The molecule has 0 saturated heterocycles. The number of thiophene rings is 1. The molecule has 0 aliphatic carbocycles. The van der Waals surface area contributed by atoms with E-state index in [2.05, 4.69) is 22.0 Å². The number of amides is 2. The minimum Gasteiger partial charge on any atom is -0.353 e. The normalized spacial score (nSPS) is 15.2. The van der Waals surface area contributed by atoms with Crippen LogP contribution < -0.4 is 16.0 Å². The number of carbonyl (C=O) groups is 2. The number of halogens is 1. The fourth-order valence-corrected chi connectivity index (χ4v) is 5.72. The second-order valence-electron chi connectivity index (χ2n) is 8.13. The quantitative estimate of drug-likeness (QED) is 0.325. The van der Waals surface area contributed by atoms with Crippen molar-refractivity contribution >= 4 is 57.9 Å². The summed E-state index contributed by atoms with van der Waals surface area (Å²) in [6, 6.07) is 20.5. The third kappa shape index (κ3) is 6.00. The van der Waals surface area contributed by atoms with Gasteiger partial charge >= 0.3 is 0 Å². The highest BCUT2D eigenvalue weighted by Gasteiger charge is 2.35. The number of rotatable bonds is 7. The smallest absolute Gasteiger partial charge is 0.254 e. The Morgan fingerprint density at radius 1 is 1.08 bits per heavy atom. The number of allylic oxidation sites excluding steroid dienone is 2. The topological polar surface area (TPSA) is 94.0 Å². The lowest BCUT2D eigenvalue weighted by Gasteiger charge is -2.29. The van der Waals surface area contributed by atoms with Crippen molar-refractivity contribution in [1.82, 2.24) is 5.32 Å². The summed E-state index contributed by atoms with van der Waals surface area (Å²) in [6.07, 6.45) is 0. The van der Waals surface area contributed by atoms with Gasteiger partial charge in [-0.25, -0.2) is 0 Å². The van der Waals surface area contributed by atoms with E-state index >= 15 is 0 Å². The highest BCUT2D eigenvalue weighted by atomic mass is 35.5. The molecule has 9 heteroatoms. The zero-order valence-electron chi connectivity index (χ0n) is 19.6. The molecule has 3 aromatic rings. The van der Waals surface area contributed by atoms with Gasteiger partial charge in [-0.05, 0) is 67.3 Å². The number of dihydropyridines is 1. The summed E-state index contributed by atoms with van der Waals surface area (Å²) in [5.41, 5.74) is 3.86. The lowest BCUT2D eigenvalue weighted by Crippen LogP contribution is -2.30. The first-order chi connectivity index (χ1) is 17.4. The number of thioether (sulfide) groups is 1. The van der Waals surface area contributed by atoms with Gasteiger partial charge < -0.3 is 16.0 Å². The molecule has 1 unspecified atom stereocenters. The summed E-state index contributed by atoms with van der Waals surface area (Å²) in [7, 11) is 0. The molecule has 0 bridgehead atoms. The van der Waals surface area contributed by atoms with Crippen LogP contribution in [0.1, 0.15) is 23.3 Å². The average Bonchev–Trinajstić information content (AvgIpc) is 3.38. The summed E-state index contributed by atoms with van der Waals surface area (Å²) in [4.78, 5) is 26.9. The van der Waals surface area contributed by atoms with E-state index in [-0.39, 0.29) is 17.6 Å². The predicted octanol–water partition coefficient (Wildman–Crippen LogP) is 6.42. The number of nitrogens with zero attached hydrogens (tertiary/aromatic N) is 1. The Kier molecular flexibility index (Phi) is 8.16. The number of benzene rings is 2. The molecule has 0 saturated carbocycles. The average molecular weight is 535 g/mol. The van der Waals surface area contributed by atoms with Crippen LogP contribution in [0.15, 0.2) is 87.9 Å². The van der Waals surface area contributed by atoms with Crippen molar-refractivity contribution in [2.24, 2.45) is 0 Å². The fraction of sp³-hybridized carbons (Fsp3) is 0.148. The monoisotopic (exact) mass is 534 g/mol. The van der Waals surface area contributed by atoms with Gasteiger partial charge in [-0.2, -0.15) is 5.26 Å². The van der Waals surface area contributed by atoms with Gasteiger partial charge in [0.1, 0.15) is 0 Å². The fourth-order valence-electron chi connectivity index (χ4n) is 3.86. The van der Waals surface area contributed by atoms with Gasteiger partial charge in [0.15, 0.2) is 0 Å². The van der Waals surface area contributed by atoms with Crippen molar-refractivity contribution in [1.29, 1.82) is 5.26 Å². The maximum atomic E-state index is 13.4. The first kappa shape index (κ1) is 25.6. The number of anilines is 2. The van der Waals surface area contributed by atoms with Crippen LogP contribution in [0, 0.1) is 18.3 Å². The Morgan fingerprint density at radius 2 is 1.86 bits per heavy atom. The molecule has 2 amide bonds. The van der Waals surface area contributed by atoms with Crippen molar-refractivity contribution < 1.29 is 9.59 Å². The van der Waals surface area contributed by atoms with E-state index in [0.29, 0.717) is 32.6 Å². The molecule has 1 aromatic heterocycles. The van der Waals surface area contributed by atoms with Crippen molar-refractivity contribution in [3.63, 3.8) is 0 Å². The number of nitriles is 1. The molecular weight excluding hydrogens is 512 g/mol. The van der Waals surface area contributed by atoms with Crippen molar-refractivity contribution in [2.45, 2.75) is 19.8 Å². The van der Waals surface area contributed by atoms with Crippen molar-refractivity contribution in [2.75, 3.05) is 16.4 Å². The molecular formula is C27H23ClN4O2S2. The van der Waals surface area contributed by atoms with Gasteiger partial charge in [-0.15, -0.1) is 11.3 Å². The molecule has 36 heavy (non-hydrogen) atoms. The maximum absolute atomic E-state index is 13.4. The summed E-state index contributed by atoms with van der Waals surface area (Å²) in [5.74, 6) is -0.934. The van der Waals surface area contributed by atoms with Crippen LogP contribution in [0.2, 0.25) is 5.02 Å². The third-order valence-electron chi connectivity index (χ3n) is 5.47. The van der Waals surface area contributed by atoms with Gasteiger partial charge in [0.25, 0.3) is 5.91 Å². The number of carbonyl (C=O) groups excluding carboxylic acids is 2. The van der Waals surface area contributed by atoms with Gasteiger partial charge in [0.05, 0.1) is 28.3 Å². The molecule has 1 aliphatic heterocycles.